The molecule has 0 amide bonds. The molecule has 2 N–H and O–H groups in total. The fourth-order valence-electron chi connectivity index (χ4n) is 3.26. The molecule has 1 unspecified atom stereocenters. The molecular weight excluding hydrogens is 403 g/mol. The van der Waals surface area contributed by atoms with Gasteiger partial charge in [-0.15, -0.1) is 11.6 Å². The van der Waals surface area contributed by atoms with Gasteiger partial charge in [0.1, 0.15) is 17.8 Å². The van der Waals surface area contributed by atoms with E-state index in [-0.39, 0.29) is 17.5 Å². The topological polar surface area (TPSA) is 83.8 Å². The number of carbonyl (C=O) groups is 2. The summed E-state index contributed by atoms with van der Waals surface area (Å²) in [5, 5.41) is 21.7. The molecule has 0 bridgehead atoms. The molecule has 0 aliphatic carbocycles. The van der Waals surface area contributed by atoms with Gasteiger partial charge in [0.05, 0.1) is 0 Å². The fraction of sp³-hybridized carbons (Fsp3) is 0.333. The third kappa shape index (κ3) is 4.00. The molecule has 28 heavy (non-hydrogen) atoms. The Bertz CT molecular complexity index is 865. The molecule has 4 atom stereocenters. The number of halogens is 2. The van der Waals surface area contributed by atoms with Crippen LogP contribution in [0.1, 0.15) is 38.3 Å². The Kier molecular flexibility index (Phi) is 6.22. The number of aryl methyl sites for hydroxylation is 1. The lowest BCUT2D eigenvalue weighted by molar-refractivity contribution is -0.0716. The summed E-state index contributed by atoms with van der Waals surface area (Å²) in [6.07, 6.45) is -3.48. The molecule has 7 heteroatoms. The molecule has 1 heterocycles. The number of ether oxygens (including phenoxy) is 1. The third-order valence-corrected chi connectivity index (χ3v) is 5.46. The highest BCUT2D eigenvalue weighted by molar-refractivity contribution is 6.20. The van der Waals surface area contributed by atoms with Crippen LogP contribution in [0.15, 0.2) is 48.5 Å². The van der Waals surface area contributed by atoms with E-state index in [0.717, 1.165) is 11.1 Å². The van der Waals surface area contributed by atoms with Gasteiger partial charge in [-0.1, -0.05) is 65.7 Å². The van der Waals surface area contributed by atoms with Gasteiger partial charge in [0.2, 0.25) is 0 Å². The highest BCUT2D eigenvalue weighted by Gasteiger charge is 2.56. The van der Waals surface area contributed by atoms with Crippen LogP contribution in [-0.2, 0) is 10.6 Å². The Morgan fingerprint density at radius 1 is 1.14 bits per heavy atom. The molecule has 2 aromatic rings. The van der Waals surface area contributed by atoms with Gasteiger partial charge in [-0.25, -0.2) is 0 Å². The van der Waals surface area contributed by atoms with Crippen molar-refractivity contribution in [2.75, 3.05) is 0 Å². The van der Waals surface area contributed by atoms with Gasteiger partial charge in [0.15, 0.2) is 17.2 Å². The van der Waals surface area contributed by atoms with E-state index in [1.807, 2.05) is 6.92 Å². The van der Waals surface area contributed by atoms with Gasteiger partial charge in [-0.05, 0) is 12.5 Å². The minimum atomic E-state index is -2.12. The van der Waals surface area contributed by atoms with Crippen molar-refractivity contribution in [1.29, 1.82) is 0 Å². The van der Waals surface area contributed by atoms with E-state index >= 15 is 0 Å². The lowest BCUT2D eigenvalue weighted by Gasteiger charge is -2.29. The van der Waals surface area contributed by atoms with Crippen LogP contribution in [-0.4, -0.2) is 45.2 Å². The number of benzene rings is 2. The van der Waals surface area contributed by atoms with Crippen LogP contribution in [0.4, 0.5) is 0 Å². The molecular formula is C21H20Cl2O5. The molecule has 2 aromatic carbocycles. The van der Waals surface area contributed by atoms with Gasteiger partial charge in [-0.2, -0.15) is 0 Å². The maximum Gasteiger partial charge on any atom is 0.197 e. The summed E-state index contributed by atoms with van der Waals surface area (Å²) >= 11 is 11.8. The highest BCUT2D eigenvalue weighted by atomic mass is 35.5. The number of Topliss-reactive ketones (excluding diaryl/α,β-unsaturated/α-hetero) is 2. The maximum absolute atomic E-state index is 13.0. The summed E-state index contributed by atoms with van der Waals surface area (Å²) in [6, 6.07) is 13.0. The SMILES string of the molecule is Cc1ccc(C(=O)[C@]2(O)C[C@@H](Cl)O[C@@H]2C(O)C(=O)c2ccc(CCl)cc2)cc1. The van der Waals surface area contributed by atoms with Crippen molar-refractivity contribution in [3.8, 4) is 0 Å². The molecule has 148 valence electrons. The Labute approximate surface area is 172 Å². The van der Waals surface area contributed by atoms with Crippen LogP contribution in [0.2, 0.25) is 0 Å². The number of ketones is 2. The summed E-state index contributed by atoms with van der Waals surface area (Å²) in [6.45, 7) is 1.87. The van der Waals surface area contributed by atoms with Gasteiger partial charge in [-0.3, -0.25) is 9.59 Å². The van der Waals surface area contributed by atoms with E-state index in [9.17, 15) is 19.8 Å². The molecule has 1 aliphatic rings. The van der Waals surface area contributed by atoms with E-state index in [1.54, 1.807) is 36.4 Å². The Morgan fingerprint density at radius 2 is 1.71 bits per heavy atom. The van der Waals surface area contributed by atoms with Crippen LogP contribution in [0.25, 0.3) is 0 Å². The first-order valence-electron chi connectivity index (χ1n) is 8.77. The number of aliphatic hydroxyl groups excluding tert-OH is 1. The fourth-order valence-corrected chi connectivity index (χ4v) is 3.78. The smallest absolute Gasteiger partial charge is 0.197 e. The number of aliphatic hydroxyl groups is 2. The molecule has 3 rings (SSSR count). The average Bonchev–Trinajstić information content (AvgIpc) is 3.02. The van der Waals surface area contributed by atoms with Crippen molar-refractivity contribution in [1.82, 2.24) is 0 Å². The summed E-state index contributed by atoms with van der Waals surface area (Å²) in [7, 11) is 0. The van der Waals surface area contributed by atoms with E-state index in [1.165, 1.54) is 12.1 Å². The molecule has 0 aromatic heterocycles. The molecule has 0 spiro atoms. The number of alkyl halides is 2. The minimum absolute atomic E-state index is 0.216. The highest BCUT2D eigenvalue weighted by Crippen LogP contribution is 2.38. The van der Waals surface area contributed by atoms with Gasteiger partial charge < -0.3 is 14.9 Å². The zero-order valence-corrected chi connectivity index (χ0v) is 16.7. The summed E-state index contributed by atoms with van der Waals surface area (Å²) < 4.78 is 5.40. The predicted molar refractivity (Wildman–Crippen MR) is 106 cm³/mol. The second kappa shape index (κ2) is 8.31. The van der Waals surface area contributed by atoms with Crippen LogP contribution in [0, 0.1) is 6.92 Å². The van der Waals surface area contributed by atoms with E-state index in [0.29, 0.717) is 5.88 Å². The molecule has 1 saturated heterocycles. The number of hydrogen-bond acceptors (Lipinski definition) is 5. The third-order valence-electron chi connectivity index (χ3n) is 4.89. The first-order valence-corrected chi connectivity index (χ1v) is 9.74. The van der Waals surface area contributed by atoms with Gasteiger partial charge >= 0.3 is 0 Å². The average molecular weight is 423 g/mol. The van der Waals surface area contributed by atoms with Crippen LogP contribution < -0.4 is 0 Å². The summed E-state index contributed by atoms with van der Waals surface area (Å²) in [5.74, 6) is -1.03. The van der Waals surface area contributed by atoms with Crippen molar-refractivity contribution in [2.24, 2.45) is 0 Å². The molecule has 0 saturated carbocycles. The zero-order chi connectivity index (χ0) is 20.5. The summed E-state index contributed by atoms with van der Waals surface area (Å²) in [5.41, 5.74) is -0.894. The number of carbonyl (C=O) groups excluding carboxylic acids is 2. The standard InChI is InChI=1S/C21H20Cl2O5/c1-12-2-6-15(7-3-12)19(26)21(27)10-16(23)28-20(21)18(25)17(24)14-8-4-13(11-22)5-9-14/h2-9,16,18,20,25,27H,10-11H2,1H3/t16-,18?,20+,21+/m0/s1. The molecule has 0 radical (unpaired) electrons. The Morgan fingerprint density at radius 3 is 2.29 bits per heavy atom. The van der Waals surface area contributed by atoms with Gasteiger partial charge in [0, 0.05) is 23.4 Å². The molecule has 1 aliphatic heterocycles. The lowest BCUT2D eigenvalue weighted by Crippen LogP contribution is -2.53. The molecule has 5 nitrogen and oxygen atoms in total. The van der Waals surface area contributed by atoms with Crippen molar-refractivity contribution in [2.45, 2.75) is 42.6 Å². The maximum atomic E-state index is 13.0. The van der Waals surface area contributed by atoms with Crippen LogP contribution in [0.3, 0.4) is 0 Å². The minimum Gasteiger partial charge on any atom is -0.382 e. The van der Waals surface area contributed by atoms with Crippen molar-refractivity contribution in [3.05, 3.63) is 70.8 Å². The monoisotopic (exact) mass is 422 g/mol. The van der Waals surface area contributed by atoms with Crippen molar-refractivity contribution < 1.29 is 24.5 Å². The van der Waals surface area contributed by atoms with Gasteiger partial charge in [0.25, 0.3) is 0 Å². The predicted octanol–water partition coefficient (Wildman–Crippen LogP) is 3.25. The largest absolute Gasteiger partial charge is 0.382 e. The quantitative estimate of drug-likeness (QED) is 0.551. The van der Waals surface area contributed by atoms with Crippen LogP contribution >= 0.6 is 23.2 Å². The zero-order valence-electron chi connectivity index (χ0n) is 15.1. The first kappa shape index (κ1) is 21.0. The van der Waals surface area contributed by atoms with Crippen LogP contribution in [0.5, 0.6) is 0 Å². The second-order valence-electron chi connectivity index (χ2n) is 6.93. The van der Waals surface area contributed by atoms with E-state index in [2.05, 4.69) is 0 Å². The Hall–Kier alpha value is -1.76. The Balaban J connectivity index is 1.88. The van der Waals surface area contributed by atoms with Crippen molar-refractivity contribution >= 4 is 34.8 Å². The summed E-state index contributed by atoms with van der Waals surface area (Å²) in [4.78, 5) is 25.7. The second-order valence-corrected chi connectivity index (χ2v) is 7.68. The first-order chi connectivity index (χ1) is 13.3. The number of hydrogen-bond donors (Lipinski definition) is 2. The van der Waals surface area contributed by atoms with E-state index < -0.39 is 34.9 Å². The van der Waals surface area contributed by atoms with E-state index in [4.69, 9.17) is 27.9 Å². The lowest BCUT2D eigenvalue weighted by atomic mass is 9.82. The number of rotatable bonds is 6. The van der Waals surface area contributed by atoms with Crippen molar-refractivity contribution in [3.63, 3.8) is 0 Å². The molecule has 1 fully saturated rings. The normalized spacial score (nSPS) is 25.5.